The maximum absolute atomic E-state index is 13.8. The molecule has 2 N–H and O–H groups in total. The molecule has 1 atom stereocenters. The molecule has 2 fully saturated rings. The van der Waals surface area contributed by atoms with Gasteiger partial charge in [-0.15, -0.1) is 0 Å². The number of benzene rings is 2. The fourth-order valence-corrected chi connectivity index (χ4v) is 5.57. The van der Waals surface area contributed by atoms with Gasteiger partial charge in [0.15, 0.2) is 5.78 Å². The number of imide groups is 1. The molecule has 192 valence electrons. The molecule has 5 rings (SSSR count). The zero-order valence-electron chi connectivity index (χ0n) is 20.4. The molecule has 3 aromatic rings. The number of nitrogens with two attached hydrogens (primary N) is 1. The Hall–Kier alpha value is -4.80. The molecule has 0 spiro atoms. The van der Waals surface area contributed by atoms with E-state index in [1.54, 1.807) is 18.2 Å². The van der Waals surface area contributed by atoms with E-state index in [1.807, 2.05) is 6.07 Å². The SMILES string of the molecule is N#Cc1c(N)nc(S[C@H]2CC(=O)N(c3ccc(C(=O)/C=C/c4ccccc4F)cc3)C2=O)c(C#N)c1C1CC1. The Labute approximate surface area is 227 Å². The Morgan fingerprint density at radius 2 is 1.77 bits per heavy atom. The molecule has 0 radical (unpaired) electrons. The fourth-order valence-electron chi connectivity index (χ4n) is 4.44. The van der Waals surface area contributed by atoms with Gasteiger partial charge in [-0.25, -0.2) is 14.3 Å². The van der Waals surface area contributed by atoms with Gasteiger partial charge in [-0.05, 0) is 66.8 Å². The first-order valence-corrected chi connectivity index (χ1v) is 12.9. The molecule has 2 aliphatic rings. The van der Waals surface area contributed by atoms with Gasteiger partial charge < -0.3 is 5.73 Å². The summed E-state index contributed by atoms with van der Waals surface area (Å²) < 4.78 is 13.8. The minimum Gasteiger partial charge on any atom is -0.383 e. The van der Waals surface area contributed by atoms with Crippen LogP contribution in [0.4, 0.5) is 15.9 Å². The van der Waals surface area contributed by atoms with Crippen molar-refractivity contribution < 1.29 is 18.8 Å². The van der Waals surface area contributed by atoms with E-state index in [0.717, 1.165) is 29.5 Å². The average molecular weight is 538 g/mol. The molecule has 0 bridgehead atoms. The Balaban J connectivity index is 1.34. The van der Waals surface area contributed by atoms with Crippen LogP contribution < -0.4 is 10.6 Å². The molecule has 1 saturated heterocycles. The molecule has 39 heavy (non-hydrogen) atoms. The van der Waals surface area contributed by atoms with Gasteiger partial charge in [0.05, 0.1) is 22.1 Å². The van der Waals surface area contributed by atoms with E-state index in [4.69, 9.17) is 5.73 Å². The molecule has 0 unspecified atom stereocenters. The van der Waals surface area contributed by atoms with Crippen LogP contribution in [0.3, 0.4) is 0 Å². The summed E-state index contributed by atoms with van der Waals surface area (Å²) >= 11 is 0.990. The second kappa shape index (κ2) is 10.5. The van der Waals surface area contributed by atoms with Crippen molar-refractivity contribution in [3.05, 3.63) is 88.2 Å². The van der Waals surface area contributed by atoms with Crippen molar-refractivity contribution in [2.75, 3.05) is 10.6 Å². The summed E-state index contributed by atoms with van der Waals surface area (Å²) in [6.45, 7) is 0. The second-order valence-corrected chi connectivity index (χ2v) is 10.3. The van der Waals surface area contributed by atoms with Gasteiger partial charge in [-0.2, -0.15) is 10.5 Å². The van der Waals surface area contributed by atoms with E-state index in [1.165, 1.54) is 42.5 Å². The predicted octanol–water partition coefficient (Wildman–Crippen LogP) is 4.74. The van der Waals surface area contributed by atoms with Crippen LogP contribution in [0, 0.1) is 28.5 Å². The fraction of sp³-hybridized carbons (Fsp3) is 0.172. The standard InChI is InChI=1S/C29H20FN5O3S/c30-22-4-2-1-3-16(22)9-12-23(36)17-7-10-19(11-8-17)35-25(37)13-24(29(35)38)39-28-21(15-32)26(18-5-6-18)20(14-31)27(33)34-28/h1-4,7-12,18,24H,5-6,13H2,(H2,33,34)/b12-9+/t24-/m0/s1. The normalized spacial score (nSPS) is 16.9. The summed E-state index contributed by atoms with van der Waals surface area (Å²) in [5, 5.41) is 18.7. The minimum absolute atomic E-state index is 0.00108. The maximum atomic E-state index is 13.8. The van der Waals surface area contributed by atoms with Gasteiger partial charge in [-0.1, -0.05) is 30.0 Å². The van der Waals surface area contributed by atoms with Crippen molar-refractivity contribution in [1.82, 2.24) is 4.98 Å². The molecule has 2 amide bonds. The Morgan fingerprint density at radius 1 is 1.08 bits per heavy atom. The lowest BCUT2D eigenvalue weighted by Gasteiger charge is -2.16. The van der Waals surface area contributed by atoms with Crippen LogP contribution in [-0.4, -0.2) is 27.8 Å². The Morgan fingerprint density at radius 3 is 2.41 bits per heavy atom. The lowest BCUT2D eigenvalue weighted by molar-refractivity contribution is -0.121. The third-order valence-electron chi connectivity index (χ3n) is 6.53. The predicted molar refractivity (Wildman–Crippen MR) is 143 cm³/mol. The van der Waals surface area contributed by atoms with Crippen LogP contribution >= 0.6 is 11.8 Å². The van der Waals surface area contributed by atoms with Gasteiger partial charge in [0, 0.05) is 17.5 Å². The number of anilines is 2. The summed E-state index contributed by atoms with van der Waals surface area (Å²) in [7, 11) is 0. The van der Waals surface area contributed by atoms with E-state index >= 15 is 0 Å². The lowest BCUT2D eigenvalue weighted by Crippen LogP contribution is -2.31. The van der Waals surface area contributed by atoms with E-state index in [-0.39, 0.29) is 45.7 Å². The highest BCUT2D eigenvalue weighted by atomic mass is 32.2. The van der Waals surface area contributed by atoms with Crippen molar-refractivity contribution in [3.63, 3.8) is 0 Å². The van der Waals surface area contributed by atoms with E-state index in [2.05, 4.69) is 11.1 Å². The highest BCUT2D eigenvalue weighted by Crippen LogP contribution is 2.47. The number of carbonyl (C=O) groups excluding carboxylic acids is 3. The zero-order valence-corrected chi connectivity index (χ0v) is 21.2. The first-order valence-electron chi connectivity index (χ1n) is 12.1. The van der Waals surface area contributed by atoms with Crippen LogP contribution in [0.5, 0.6) is 0 Å². The molecular weight excluding hydrogens is 517 g/mol. The number of ketones is 1. The highest BCUT2D eigenvalue weighted by molar-refractivity contribution is 8.00. The molecule has 8 nitrogen and oxygen atoms in total. The summed E-state index contributed by atoms with van der Waals surface area (Å²) in [4.78, 5) is 43.9. The van der Waals surface area contributed by atoms with Gasteiger partial charge in [0.1, 0.15) is 28.8 Å². The molecule has 1 aliphatic carbocycles. The number of pyridine rings is 1. The maximum Gasteiger partial charge on any atom is 0.247 e. The van der Waals surface area contributed by atoms with Gasteiger partial charge >= 0.3 is 0 Å². The van der Waals surface area contributed by atoms with Crippen LogP contribution in [-0.2, 0) is 9.59 Å². The van der Waals surface area contributed by atoms with Crippen molar-refractivity contribution in [1.29, 1.82) is 10.5 Å². The number of aromatic nitrogens is 1. The molecule has 2 heterocycles. The molecule has 1 aromatic heterocycles. The number of rotatable bonds is 7. The number of thioether (sulfide) groups is 1. The number of hydrogen-bond acceptors (Lipinski definition) is 8. The number of carbonyl (C=O) groups is 3. The van der Waals surface area contributed by atoms with Crippen molar-refractivity contribution in [2.24, 2.45) is 0 Å². The first kappa shape index (κ1) is 25.8. The number of nitrogens with zero attached hydrogens (tertiary/aromatic N) is 4. The number of halogens is 1. The average Bonchev–Trinajstić information content (AvgIpc) is 3.73. The number of hydrogen-bond donors (Lipinski definition) is 1. The van der Waals surface area contributed by atoms with Gasteiger partial charge in [0.2, 0.25) is 11.8 Å². The Kier molecular flexibility index (Phi) is 6.97. The summed E-state index contributed by atoms with van der Waals surface area (Å²) in [6, 6.07) is 16.2. The van der Waals surface area contributed by atoms with Crippen LogP contribution in [0.15, 0.2) is 59.6 Å². The molecular formula is C29H20FN5O3S. The molecule has 1 aliphatic heterocycles. The van der Waals surface area contributed by atoms with E-state index in [0.29, 0.717) is 16.8 Å². The smallest absolute Gasteiger partial charge is 0.247 e. The largest absolute Gasteiger partial charge is 0.383 e. The number of amides is 2. The second-order valence-electron chi connectivity index (χ2n) is 9.11. The zero-order chi connectivity index (χ0) is 27.7. The molecule has 1 saturated carbocycles. The quantitative estimate of drug-likeness (QED) is 0.259. The van der Waals surface area contributed by atoms with Crippen LogP contribution in [0.25, 0.3) is 6.08 Å². The lowest BCUT2D eigenvalue weighted by atomic mass is 10.0. The van der Waals surface area contributed by atoms with Crippen molar-refractivity contribution in [2.45, 2.75) is 35.5 Å². The summed E-state index contributed by atoms with van der Waals surface area (Å²) in [5.41, 5.74) is 7.86. The number of allylic oxidation sites excluding steroid dienone is 1. The highest BCUT2D eigenvalue weighted by Gasteiger charge is 2.42. The van der Waals surface area contributed by atoms with Crippen LogP contribution in [0.1, 0.15) is 57.8 Å². The summed E-state index contributed by atoms with van der Waals surface area (Å²) in [5.74, 6) is -1.67. The minimum atomic E-state index is -0.832. The molecule has 2 aromatic carbocycles. The van der Waals surface area contributed by atoms with Crippen LogP contribution in [0.2, 0.25) is 0 Å². The van der Waals surface area contributed by atoms with E-state index in [9.17, 15) is 29.3 Å². The number of nitrogen functional groups attached to an aromatic ring is 1. The molecule has 10 heteroatoms. The van der Waals surface area contributed by atoms with E-state index < -0.39 is 22.9 Å². The van der Waals surface area contributed by atoms with Crippen molar-refractivity contribution in [3.8, 4) is 12.1 Å². The monoisotopic (exact) mass is 537 g/mol. The topological polar surface area (TPSA) is 141 Å². The third-order valence-corrected chi connectivity index (χ3v) is 7.70. The van der Waals surface area contributed by atoms with Crippen molar-refractivity contribution >= 4 is 46.9 Å². The first-order chi connectivity index (χ1) is 18.8. The number of nitriles is 2. The Bertz CT molecular complexity index is 1630. The summed E-state index contributed by atoms with van der Waals surface area (Å²) in [6.07, 6.45) is 4.20. The van der Waals surface area contributed by atoms with Gasteiger partial charge in [-0.3, -0.25) is 14.4 Å². The van der Waals surface area contributed by atoms with Gasteiger partial charge in [0.25, 0.3) is 0 Å². The third kappa shape index (κ3) is 5.02.